The van der Waals surface area contributed by atoms with Gasteiger partial charge in [-0.25, -0.2) is 0 Å². The zero-order valence-electron chi connectivity index (χ0n) is 16.5. The number of esters is 3. The molecule has 1 saturated heterocycles. The molecule has 0 bridgehead atoms. The van der Waals surface area contributed by atoms with Gasteiger partial charge in [0, 0.05) is 26.7 Å². The molecule has 1 aromatic carbocycles. The second kappa shape index (κ2) is 10.2. The summed E-state index contributed by atoms with van der Waals surface area (Å²) >= 11 is 0. The third-order valence-corrected chi connectivity index (χ3v) is 4.33. The summed E-state index contributed by atoms with van der Waals surface area (Å²) in [6, 6.07) is 9.41. The Morgan fingerprint density at radius 3 is 2.14 bits per heavy atom. The predicted octanol–water partition coefficient (Wildman–Crippen LogP) is 1.99. The first-order chi connectivity index (χ1) is 13.3. The lowest BCUT2D eigenvalue weighted by molar-refractivity contribution is -0.293. The van der Waals surface area contributed by atoms with Crippen molar-refractivity contribution in [1.29, 1.82) is 0 Å². The lowest BCUT2D eigenvalue weighted by Crippen LogP contribution is -2.58. The molecule has 0 spiro atoms. The van der Waals surface area contributed by atoms with Crippen molar-refractivity contribution in [2.45, 2.75) is 58.9 Å². The topological polar surface area (TPSA) is 97.4 Å². The van der Waals surface area contributed by atoms with E-state index in [0.717, 1.165) is 5.56 Å². The summed E-state index contributed by atoms with van der Waals surface area (Å²) in [7, 11) is 0. The van der Waals surface area contributed by atoms with Crippen LogP contribution in [0.3, 0.4) is 0 Å². The molecular formula is C20H26O8. The minimum absolute atomic E-state index is 0.0581. The molecule has 0 saturated carbocycles. The summed E-state index contributed by atoms with van der Waals surface area (Å²) in [5, 5.41) is 0. The van der Waals surface area contributed by atoms with Gasteiger partial charge in [0.2, 0.25) is 6.29 Å². The molecule has 0 aromatic heterocycles. The van der Waals surface area contributed by atoms with E-state index in [1.165, 1.54) is 20.8 Å². The molecule has 5 atom stereocenters. The predicted molar refractivity (Wildman–Crippen MR) is 96.8 cm³/mol. The van der Waals surface area contributed by atoms with Gasteiger partial charge in [0.15, 0.2) is 6.10 Å². The number of hydrogen-bond acceptors (Lipinski definition) is 8. The summed E-state index contributed by atoms with van der Waals surface area (Å²) in [6.07, 6.45) is -3.33. The molecular weight excluding hydrogens is 368 g/mol. The SMILES string of the molecule is CC(=O)OC[C@@H]1O[C@H](OC(C)=O)[C@@H](OCc2ccccc2)[C@H](OC(C)=O)[C@H]1C. The van der Waals surface area contributed by atoms with E-state index in [1.54, 1.807) is 6.92 Å². The van der Waals surface area contributed by atoms with Crippen LogP contribution >= 0.6 is 0 Å². The van der Waals surface area contributed by atoms with Crippen LogP contribution in [0.4, 0.5) is 0 Å². The molecule has 0 radical (unpaired) electrons. The second-order valence-corrected chi connectivity index (χ2v) is 6.65. The van der Waals surface area contributed by atoms with E-state index in [0.29, 0.717) is 0 Å². The number of carbonyl (C=O) groups is 3. The summed E-state index contributed by atoms with van der Waals surface area (Å²) in [6.45, 7) is 5.77. The maximum atomic E-state index is 11.7. The molecule has 1 fully saturated rings. The van der Waals surface area contributed by atoms with E-state index in [-0.39, 0.29) is 19.1 Å². The van der Waals surface area contributed by atoms with E-state index >= 15 is 0 Å². The maximum absolute atomic E-state index is 11.7. The van der Waals surface area contributed by atoms with Gasteiger partial charge in [-0.3, -0.25) is 14.4 Å². The molecule has 28 heavy (non-hydrogen) atoms. The van der Waals surface area contributed by atoms with E-state index < -0.39 is 42.5 Å². The minimum Gasteiger partial charge on any atom is -0.463 e. The quantitative estimate of drug-likeness (QED) is 0.512. The highest BCUT2D eigenvalue weighted by Crippen LogP contribution is 2.32. The van der Waals surface area contributed by atoms with Gasteiger partial charge in [-0.15, -0.1) is 0 Å². The van der Waals surface area contributed by atoms with Crippen LogP contribution in [-0.2, 0) is 44.7 Å². The highest BCUT2D eigenvalue weighted by atomic mass is 16.7. The van der Waals surface area contributed by atoms with E-state index in [9.17, 15) is 14.4 Å². The van der Waals surface area contributed by atoms with E-state index in [2.05, 4.69) is 0 Å². The van der Waals surface area contributed by atoms with Gasteiger partial charge < -0.3 is 23.7 Å². The maximum Gasteiger partial charge on any atom is 0.305 e. The van der Waals surface area contributed by atoms with Crippen molar-refractivity contribution in [3.8, 4) is 0 Å². The average Bonchev–Trinajstić information content (AvgIpc) is 2.62. The van der Waals surface area contributed by atoms with Gasteiger partial charge in [0.25, 0.3) is 0 Å². The van der Waals surface area contributed by atoms with Gasteiger partial charge in [-0.1, -0.05) is 37.3 Å². The fraction of sp³-hybridized carbons (Fsp3) is 0.550. The van der Waals surface area contributed by atoms with Crippen LogP contribution in [0.25, 0.3) is 0 Å². The monoisotopic (exact) mass is 394 g/mol. The van der Waals surface area contributed by atoms with Crippen LogP contribution in [0.5, 0.6) is 0 Å². The Morgan fingerprint density at radius 1 is 0.929 bits per heavy atom. The van der Waals surface area contributed by atoms with Crippen LogP contribution in [0.15, 0.2) is 30.3 Å². The smallest absolute Gasteiger partial charge is 0.305 e. The van der Waals surface area contributed by atoms with Crippen molar-refractivity contribution in [2.75, 3.05) is 6.61 Å². The van der Waals surface area contributed by atoms with Gasteiger partial charge >= 0.3 is 17.9 Å². The molecule has 8 heteroatoms. The Bertz CT molecular complexity index is 674. The van der Waals surface area contributed by atoms with Crippen LogP contribution in [0, 0.1) is 5.92 Å². The largest absolute Gasteiger partial charge is 0.463 e. The van der Waals surface area contributed by atoms with Crippen LogP contribution in [0.1, 0.15) is 33.3 Å². The zero-order valence-corrected chi connectivity index (χ0v) is 16.5. The van der Waals surface area contributed by atoms with E-state index in [4.69, 9.17) is 23.7 Å². The Labute approximate surface area is 164 Å². The van der Waals surface area contributed by atoms with Crippen LogP contribution < -0.4 is 0 Å². The van der Waals surface area contributed by atoms with Gasteiger partial charge in [-0.2, -0.15) is 0 Å². The number of carbonyl (C=O) groups excluding carboxylic acids is 3. The van der Waals surface area contributed by atoms with Crippen molar-refractivity contribution >= 4 is 17.9 Å². The molecule has 0 aliphatic carbocycles. The molecule has 2 rings (SSSR count). The standard InChI is InChI=1S/C20H26O8/c1-12-17(11-24-13(2)21)28-20(27-15(4)23)19(18(12)26-14(3)22)25-10-16-8-6-5-7-9-16/h5-9,12,17-20H,10-11H2,1-4H3/t12-,17-,18+,19-,20-/m0/s1. The third kappa shape index (κ3) is 6.31. The van der Waals surface area contributed by atoms with Gasteiger partial charge in [0.1, 0.15) is 18.8 Å². The first-order valence-corrected chi connectivity index (χ1v) is 9.06. The lowest BCUT2D eigenvalue weighted by Gasteiger charge is -2.43. The molecule has 1 heterocycles. The summed E-state index contributed by atoms with van der Waals surface area (Å²) in [5.41, 5.74) is 0.903. The molecule has 0 N–H and O–H groups in total. The van der Waals surface area contributed by atoms with Crippen LogP contribution in [0.2, 0.25) is 0 Å². The normalized spacial score (nSPS) is 26.9. The Morgan fingerprint density at radius 2 is 1.57 bits per heavy atom. The van der Waals surface area contributed by atoms with Crippen molar-refractivity contribution < 1.29 is 38.1 Å². The fourth-order valence-electron chi connectivity index (χ4n) is 2.99. The second-order valence-electron chi connectivity index (χ2n) is 6.65. The number of rotatable bonds is 7. The highest BCUT2D eigenvalue weighted by Gasteiger charge is 2.48. The number of ether oxygens (including phenoxy) is 5. The first-order valence-electron chi connectivity index (χ1n) is 9.06. The van der Waals surface area contributed by atoms with Crippen molar-refractivity contribution in [2.24, 2.45) is 5.92 Å². The Kier molecular flexibility index (Phi) is 7.95. The first kappa shape index (κ1) is 21.8. The molecule has 1 aliphatic heterocycles. The van der Waals surface area contributed by atoms with Crippen molar-refractivity contribution in [3.63, 3.8) is 0 Å². The molecule has 1 aliphatic rings. The highest BCUT2D eigenvalue weighted by molar-refractivity contribution is 5.67. The molecule has 0 unspecified atom stereocenters. The molecule has 154 valence electrons. The Balaban J connectivity index is 2.22. The van der Waals surface area contributed by atoms with Crippen molar-refractivity contribution in [3.05, 3.63) is 35.9 Å². The van der Waals surface area contributed by atoms with Crippen LogP contribution in [-0.4, -0.2) is 49.1 Å². The van der Waals surface area contributed by atoms with Gasteiger partial charge in [-0.05, 0) is 5.56 Å². The molecule has 1 aromatic rings. The number of benzene rings is 1. The Hall–Kier alpha value is -2.45. The summed E-state index contributed by atoms with van der Waals surface area (Å²) in [4.78, 5) is 34.4. The zero-order chi connectivity index (χ0) is 20.7. The van der Waals surface area contributed by atoms with E-state index in [1.807, 2.05) is 30.3 Å². The van der Waals surface area contributed by atoms with Crippen molar-refractivity contribution in [1.82, 2.24) is 0 Å². The fourth-order valence-corrected chi connectivity index (χ4v) is 2.99. The summed E-state index contributed by atoms with van der Waals surface area (Å²) < 4.78 is 27.6. The third-order valence-electron chi connectivity index (χ3n) is 4.33. The summed E-state index contributed by atoms with van der Waals surface area (Å²) in [5.74, 6) is -1.90. The number of hydrogen-bond donors (Lipinski definition) is 0. The molecule has 0 amide bonds. The minimum atomic E-state index is -1.11. The lowest BCUT2D eigenvalue weighted by atomic mass is 9.90. The average molecular weight is 394 g/mol. The molecule has 8 nitrogen and oxygen atoms in total. The van der Waals surface area contributed by atoms with Gasteiger partial charge in [0.05, 0.1) is 6.61 Å².